The Hall–Kier alpha value is -1.62. The zero-order valence-electron chi connectivity index (χ0n) is 10.8. The molecule has 0 spiro atoms. The normalized spacial score (nSPS) is 11.0. The van der Waals surface area contributed by atoms with Gasteiger partial charge in [-0.15, -0.1) is 0 Å². The molecule has 0 aliphatic carbocycles. The van der Waals surface area contributed by atoms with Crippen LogP contribution in [0.5, 0.6) is 5.75 Å². The quantitative estimate of drug-likeness (QED) is 0.631. The molecule has 0 N–H and O–H groups in total. The number of halogens is 2. The van der Waals surface area contributed by atoms with Gasteiger partial charge in [0, 0.05) is 6.07 Å². The number of aldehydes is 1. The largest absolute Gasteiger partial charge is 0.480 e. The summed E-state index contributed by atoms with van der Waals surface area (Å²) in [6.45, 7) is 4.76. The minimum atomic E-state index is -0.765. The van der Waals surface area contributed by atoms with Gasteiger partial charge < -0.3 is 9.47 Å². The molecule has 0 heterocycles. The molecule has 0 aliphatic rings. The second kappa shape index (κ2) is 6.02. The van der Waals surface area contributed by atoms with E-state index in [1.807, 2.05) is 0 Å². The Morgan fingerprint density at radius 3 is 2.58 bits per heavy atom. The summed E-state index contributed by atoms with van der Waals surface area (Å²) in [5.74, 6) is -1.38. The molecule has 0 atom stereocenters. The fraction of sp³-hybridized carbons (Fsp3) is 0.385. The molecule has 104 valence electrons. The molecule has 0 fully saturated rings. The molecule has 0 aliphatic heterocycles. The van der Waals surface area contributed by atoms with Crippen molar-refractivity contribution in [1.82, 2.24) is 0 Å². The van der Waals surface area contributed by atoms with Crippen molar-refractivity contribution in [3.05, 3.63) is 28.5 Å². The number of rotatable bonds is 4. The highest BCUT2D eigenvalue weighted by atomic mass is 35.5. The molecule has 0 saturated heterocycles. The fourth-order valence-electron chi connectivity index (χ4n) is 1.25. The number of carbonyl (C=O) groups is 2. The summed E-state index contributed by atoms with van der Waals surface area (Å²) in [4.78, 5) is 21.9. The zero-order chi connectivity index (χ0) is 14.6. The molecule has 4 nitrogen and oxygen atoms in total. The third kappa shape index (κ3) is 4.87. The molecule has 0 bridgehead atoms. The van der Waals surface area contributed by atoms with Crippen molar-refractivity contribution >= 4 is 23.9 Å². The van der Waals surface area contributed by atoms with E-state index in [4.69, 9.17) is 21.1 Å². The Morgan fingerprint density at radius 2 is 2.05 bits per heavy atom. The number of esters is 1. The van der Waals surface area contributed by atoms with E-state index in [9.17, 15) is 14.0 Å². The third-order valence-corrected chi connectivity index (χ3v) is 2.24. The lowest BCUT2D eigenvalue weighted by molar-refractivity contribution is -0.157. The maximum atomic E-state index is 13.3. The van der Waals surface area contributed by atoms with Crippen LogP contribution in [0.4, 0.5) is 4.39 Å². The monoisotopic (exact) mass is 288 g/mol. The van der Waals surface area contributed by atoms with Crippen molar-refractivity contribution in [1.29, 1.82) is 0 Å². The fourth-order valence-corrected chi connectivity index (χ4v) is 1.48. The molecule has 0 unspecified atom stereocenters. The van der Waals surface area contributed by atoms with E-state index in [0.29, 0.717) is 6.29 Å². The maximum absolute atomic E-state index is 13.3. The minimum Gasteiger partial charge on any atom is -0.480 e. The van der Waals surface area contributed by atoms with Crippen LogP contribution in [0.15, 0.2) is 12.1 Å². The van der Waals surface area contributed by atoms with Crippen molar-refractivity contribution in [2.45, 2.75) is 26.4 Å². The first kappa shape index (κ1) is 15.4. The first-order chi connectivity index (χ1) is 8.73. The highest BCUT2D eigenvalue weighted by molar-refractivity contribution is 6.32. The van der Waals surface area contributed by atoms with E-state index in [0.717, 1.165) is 12.1 Å². The summed E-state index contributed by atoms with van der Waals surface area (Å²) >= 11 is 5.79. The molecule has 1 aromatic rings. The van der Waals surface area contributed by atoms with Crippen LogP contribution in [-0.2, 0) is 9.53 Å². The second-order valence-corrected chi connectivity index (χ2v) is 5.20. The van der Waals surface area contributed by atoms with E-state index < -0.39 is 24.0 Å². The Kier molecular flexibility index (Phi) is 4.89. The van der Waals surface area contributed by atoms with Gasteiger partial charge in [-0.05, 0) is 26.8 Å². The van der Waals surface area contributed by atoms with Crippen molar-refractivity contribution in [2.75, 3.05) is 6.61 Å². The average molecular weight is 289 g/mol. The van der Waals surface area contributed by atoms with Gasteiger partial charge >= 0.3 is 5.97 Å². The first-order valence-electron chi connectivity index (χ1n) is 5.52. The van der Waals surface area contributed by atoms with Gasteiger partial charge in [-0.1, -0.05) is 11.6 Å². The predicted octanol–water partition coefficient (Wildman–Crippen LogP) is 3.01. The SMILES string of the molecule is CC(C)(C)OC(=O)COc1cc(F)c(C=O)cc1Cl. The maximum Gasteiger partial charge on any atom is 0.344 e. The first-order valence-corrected chi connectivity index (χ1v) is 5.89. The third-order valence-electron chi connectivity index (χ3n) is 1.94. The number of hydrogen-bond donors (Lipinski definition) is 0. The van der Waals surface area contributed by atoms with E-state index in [1.54, 1.807) is 20.8 Å². The van der Waals surface area contributed by atoms with E-state index in [2.05, 4.69) is 0 Å². The number of hydrogen-bond acceptors (Lipinski definition) is 4. The van der Waals surface area contributed by atoms with Gasteiger partial charge in [0.1, 0.15) is 17.2 Å². The van der Waals surface area contributed by atoms with Crippen molar-refractivity contribution in [2.24, 2.45) is 0 Å². The standard InChI is InChI=1S/C13H14ClFO4/c1-13(2,3)19-12(17)7-18-11-5-10(15)8(6-16)4-9(11)14/h4-6H,7H2,1-3H3. The van der Waals surface area contributed by atoms with Gasteiger partial charge in [0.05, 0.1) is 10.6 Å². The average Bonchev–Trinajstić information content (AvgIpc) is 2.27. The number of ether oxygens (including phenoxy) is 2. The van der Waals surface area contributed by atoms with Crippen LogP contribution >= 0.6 is 11.6 Å². The Balaban J connectivity index is 2.71. The Morgan fingerprint density at radius 1 is 1.42 bits per heavy atom. The van der Waals surface area contributed by atoms with Gasteiger partial charge in [-0.2, -0.15) is 0 Å². The summed E-state index contributed by atoms with van der Waals surface area (Å²) < 4.78 is 23.4. The van der Waals surface area contributed by atoms with Gasteiger partial charge in [0.25, 0.3) is 0 Å². The van der Waals surface area contributed by atoms with Crippen LogP contribution < -0.4 is 4.74 Å². The van der Waals surface area contributed by atoms with Crippen molar-refractivity contribution < 1.29 is 23.5 Å². The molecule has 1 aromatic carbocycles. The highest BCUT2D eigenvalue weighted by Crippen LogP contribution is 2.27. The lowest BCUT2D eigenvalue weighted by Crippen LogP contribution is -2.27. The smallest absolute Gasteiger partial charge is 0.344 e. The Labute approximate surface area is 115 Å². The Bertz CT molecular complexity index is 494. The van der Waals surface area contributed by atoms with Gasteiger partial charge in [0.2, 0.25) is 0 Å². The lowest BCUT2D eigenvalue weighted by atomic mass is 10.2. The highest BCUT2D eigenvalue weighted by Gasteiger charge is 2.17. The topological polar surface area (TPSA) is 52.6 Å². The molecular formula is C13H14ClFO4. The predicted molar refractivity (Wildman–Crippen MR) is 68.1 cm³/mol. The van der Waals surface area contributed by atoms with E-state index in [-0.39, 0.29) is 16.3 Å². The summed E-state index contributed by atoms with van der Waals surface area (Å²) in [5.41, 5.74) is -0.800. The second-order valence-electron chi connectivity index (χ2n) is 4.80. The van der Waals surface area contributed by atoms with Crippen LogP contribution in [0.1, 0.15) is 31.1 Å². The summed E-state index contributed by atoms with van der Waals surface area (Å²) in [5, 5.41) is 0.0482. The van der Waals surface area contributed by atoms with Crippen LogP contribution in [0, 0.1) is 5.82 Å². The van der Waals surface area contributed by atoms with Gasteiger partial charge in [-0.25, -0.2) is 9.18 Å². The number of carbonyl (C=O) groups excluding carboxylic acids is 2. The number of benzene rings is 1. The molecular weight excluding hydrogens is 275 g/mol. The minimum absolute atomic E-state index is 0.0179. The van der Waals surface area contributed by atoms with Crippen molar-refractivity contribution in [3.63, 3.8) is 0 Å². The van der Waals surface area contributed by atoms with Gasteiger partial charge in [-0.3, -0.25) is 4.79 Å². The van der Waals surface area contributed by atoms with E-state index >= 15 is 0 Å². The molecule has 0 saturated carbocycles. The molecule has 6 heteroatoms. The van der Waals surface area contributed by atoms with Crippen LogP contribution in [0.25, 0.3) is 0 Å². The molecule has 0 amide bonds. The van der Waals surface area contributed by atoms with Crippen LogP contribution in [0.3, 0.4) is 0 Å². The molecule has 1 rings (SSSR count). The molecule has 0 radical (unpaired) electrons. The van der Waals surface area contributed by atoms with Crippen LogP contribution in [0.2, 0.25) is 5.02 Å². The molecule has 0 aromatic heterocycles. The summed E-state index contributed by atoms with van der Waals surface area (Å²) in [6.07, 6.45) is 0.346. The van der Waals surface area contributed by atoms with Crippen LogP contribution in [-0.4, -0.2) is 24.5 Å². The lowest BCUT2D eigenvalue weighted by Gasteiger charge is -2.19. The summed E-state index contributed by atoms with van der Waals surface area (Å²) in [7, 11) is 0. The zero-order valence-corrected chi connectivity index (χ0v) is 11.6. The van der Waals surface area contributed by atoms with Gasteiger partial charge in [0.15, 0.2) is 12.9 Å². The van der Waals surface area contributed by atoms with Crippen molar-refractivity contribution in [3.8, 4) is 5.75 Å². The summed E-state index contributed by atoms with van der Waals surface area (Å²) in [6, 6.07) is 2.09. The van der Waals surface area contributed by atoms with E-state index in [1.165, 1.54) is 0 Å². The molecule has 19 heavy (non-hydrogen) atoms.